The summed E-state index contributed by atoms with van der Waals surface area (Å²) in [6.07, 6.45) is 4.67. The van der Waals surface area contributed by atoms with Crippen molar-refractivity contribution in [3.8, 4) is 11.5 Å². The fourth-order valence-electron chi connectivity index (χ4n) is 2.26. The molecule has 0 spiro atoms. The predicted octanol–water partition coefficient (Wildman–Crippen LogP) is 1.79. The van der Waals surface area contributed by atoms with Gasteiger partial charge in [0.25, 0.3) is 0 Å². The Balaban J connectivity index is 2.08. The molecule has 0 fully saturated rings. The summed E-state index contributed by atoms with van der Waals surface area (Å²) in [5.41, 5.74) is 0.409. The van der Waals surface area contributed by atoms with E-state index in [0.29, 0.717) is 11.3 Å². The Morgan fingerprint density at radius 1 is 1.44 bits per heavy atom. The average molecular weight is 244 g/mol. The molecule has 3 rings (SSSR count). The van der Waals surface area contributed by atoms with Gasteiger partial charge in [-0.15, -0.1) is 0 Å². The van der Waals surface area contributed by atoms with Gasteiger partial charge in [0.15, 0.2) is 5.78 Å². The fraction of sp³-hybridized carbons (Fsp3) is 0.231. The Morgan fingerprint density at radius 3 is 3.00 bits per heavy atom. The molecule has 0 saturated heterocycles. The minimum atomic E-state index is -0.443. The zero-order valence-electron chi connectivity index (χ0n) is 9.78. The predicted molar refractivity (Wildman–Crippen MR) is 63.8 cm³/mol. The molecule has 2 atom stereocenters. The number of aromatic hydroxyl groups is 1. The van der Waals surface area contributed by atoms with Crippen LogP contribution < -0.4 is 4.74 Å². The van der Waals surface area contributed by atoms with Crippen LogP contribution in [0.1, 0.15) is 23.3 Å². The van der Waals surface area contributed by atoms with Crippen molar-refractivity contribution in [2.45, 2.75) is 19.1 Å². The molecule has 0 amide bonds. The van der Waals surface area contributed by atoms with Crippen molar-refractivity contribution in [2.24, 2.45) is 0 Å². The molecule has 1 N–H and O–H groups in total. The second-order valence-corrected chi connectivity index (χ2v) is 4.32. The number of ketones is 1. The number of phenolic OH excluding ortho intramolecular Hbond substituents is 1. The fourth-order valence-corrected chi connectivity index (χ4v) is 2.26. The van der Waals surface area contributed by atoms with Gasteiger partial charge < -0.3 is 14.4 Å². The second-order valence-electron chi connectivity index (χ2n) is 4.32. The van der Waals surface area contributed by atoms with E-state index in [4.69, 9.17) is 4.74 Å². The summed E-state index contributed by atoms with van der Waals surface area (Å²) in [7, 11) is 0. The molecule has 92 valence electrons. The number of ether oxygens (including phenoxy) is 1. The number of nitrogens with zero attached hydrogens (tertiary/aromatic N) is 2. The topological polar surface area (TPSA) is 64.3 Å². The van der Waals surface area contributed by atoms with Crippen LogP contribution in [0.3, 0.4) is 0 Å². The molecule has 0 radical (unpaired) electrons. The van der Waals surface area contributed by atoms with Crippen LogP contribution in [0.5, 0.6) is 11.5 Å². The van der Waals surface area contributed by atoms with E-state index < -0.39 is 6.04 Å². The monoisotopic (exact) mass is 244 g/mol. The van der Waals surface area contributed by atoms with Gasteiger partial charge in [-0.2, -0.15) is 0 Å². The van der Waals surface area contributed by atoms with E-state index in [1.165, 1.54) is 12.1 Å². The van der Waals surface area contributed by atoms with Crippen LogP contribution in [-0.4, -0.2) is 26.5 Å². The number of phenols is 1. The zero-order chi connectivity index (χ0) is 12.7. The second kappa shape index (κ2) is 3.87. The van der Waals surface area contributed by atoms with Crippen molar-refractivity contribution in [1.29, 1.82) is 0 Å². The van der Waals surface area contributed by atoms with Gasteiger partial charge in [-0.1, -0.05) is 0 Å². The van der Waals surface area contributed by atoms with E-state index in [1.54, 1.807) is 29.4 Å². The van der Waals surface area contributed by atoms with E-state index in [2.05, 4.69) is 4.98 Å². The minimum Gasteiger partial charge on any atom is -0.508 e. The van der Waals surface area contributed by atoms with Crippen molar-refractivity contribution in [2.75, 3.05) is 0 Å². The molecular weight excluding hydrogens is 232 g/mol. The maximum Gasteiger partial charge on any atom is 0.193 e. The van der Waals surface area contributed by atoms with Gasteiger partial charge in [0.2, 0.25) is 0 Å². The van der Waals surface area contributed by atoms with Crippen LogP contribution in [0.25, 0.3) is 0 Å². The lowest BCUT2D eigenvalue weighted by Gasteiger charge is -2.30. The third-order valence-electron chi connectivity index (χ3n) is 3.10. The molecule has 1 aliphatic heterocycles. The lowest BCUT2D eigenvalue weighted by Crippen LogP contribution is -2.37. The summed E-state index contributed by atoms with van der Waals surface area (Å²) in [4.78, 5) is 16.4. The first kappa shape index (κ1) is 10.8. The Kier molecular flexibility index (Phi) is 2.33. The third kappa shape index (κ3) is 1.55. The molecule has 1 aliphatic rings. The number of hydrogen-bond donors (Lipinski definition) is 1. The SMILES string of the molecule is CC1Oc2ccc(O)cc2C(=O)C1n1ccnc1. The first-order valence-electron chi connectivity index (χ1n) is 5.68. The van der Waals surface area contributed by atoms with Crippen LogP contribution in [0.2, 0.25) is 0 Å². The number of carbonyl (C=O) groups is 1. The van der Waals surface area contributed by atoms with Gasteiger partial charge in [0, 0.05) is 12.4 Å². The van der Waals surface area contributed by atoms with Crippen LogP contribution in [0.4, 0.5) is 0 Å². The van der Waals surface area contributed by atoms with E-state index >= 15 is 0 Å². The number of carbonyl (C=O) groups excluding carboxylic acids is 1. The summed E-state index contributed by atoms with van der Waals surface area (Å²) in [5.74, 6) is 0.504. The van der Waals surface area contributed by atoms with Gasteiger partial charge in [-0.3, -0.25) is 4.79 Å². The summed E-state index contributed by atoms with van der Waals surface area (Å²) in [6.45, 7) is 1.85. The van der Waals surface area contributed by atoms with Crippen molar-refractivity contribution < 1.29 is 14.6 Å². The molecule has 0 aliphatic carbocycles. The van der Waals surface area contributed by atoms with Crippen LogP contribution >= 0.6 is 0 Å². The Morgan fingerprint density at radius 2 is 2.28 bits per heavy atom. The number of rotatable bonds is 1. The van der Waals surface area contributed by atoms with Gasteiger partial charge in [0.05, 0.1) is 11.9 Å². The van der Waals surface area contributed by atoms with Gasteiger partial charge >= 0.3 is 0 Å². The standard InChI is InChI=1S/C13H12N2O3/c1-8-12(15-5-4-14-7-15)13(17)10-6-9(16)2-3-11(10)18-8/h2-8,12,16H,1H3. The van der Waals surface area contributed by atoms with E-state index in [-0.39, 0.29) is 17.6 Å². The normalized spacial score (nSPS) is 22.4. The number of Topliss-reactive ketones (excluding diaryl/α,β-unsaturated/α-hetero) is 1. The highest BCUT2D eigenvalue weighted by Crippen LogP contribution is 2.35. The lowest BCUT2D eigenvalue weighted by atomic mass is 9.96. The van der Waals surface area contributed by atoms with Crippen LogP contribution in [0, 0.1) is 0 Å². The highest BCUT2D eigenvalue weighted by atomic mass is 16.5. The number of imidazole rings is 1. The molecule has 5 nitrogen and oxygen atoms in total. The number of hydrogen-bond acceptors (Lipinski definition) is 4. The van der Waals surface area contributed by atoms with E-state index in [9.17, 15) is 9.90 Å². The van der Waals surface area contributed by atoms with Crippen LogP contribution in [0.15, 0.2) is 36.9 Å². The molecule has 0 bridgehead atoms. The minimum absolute atomic E-state index is 0.0598. The summed E-state index contributed by atoms with van der Waals surface area (Å²) in [6, 6.07) is 4.12. The molecule has 1 aromatic carbocycles. The largest absolute Gasteiger partial charge is 0.508 e. The smallest absolute Gasteiger partial charge is 0.193 e. The zero-order valence-corrected chi connectivity index (χ0v) is 9.78. The first-order chi connectivity index (χ1) is 8.66. The first-order valence-corrected chi connectivity index (χ1v) is 5.68. The molecule has 1 aromatic heterocycles. The highest BCUT2D eigenvalue weighted by Gasteiger charge is 2.35. The number of benzene rings is 1. The summed E-state index contributed by atoms with van der Waals surface area (Å²) >= 11 is 0. The van der Waals surface area contributed by atoms with Gasteiger partial charge in [0.1, 0.15) is 23.6 Å². The third-order valence-corrected chi connectivity index (χ3v) is 3.10. The van der Waals surface area contributed by atoms with Crippen molar-refractivity contribution in [1.82, 2.24) is 9.55 Å². The molecule has 2 heterocycles. The maximum atomic E-state index is 12.4. The Labute approximate surface area is 104 Å². The van der Waals surface area contributed by atoms with Crippen molar-refractivity contribution >= 4 is 5.78 Å². The Bertz CT molecular complexity index is 592. The molecular formula is C13H12N2O3. The van der Waals surface area contributed by atoms with E-state index in [0.717, 1.165) is 0 Å². The van der Waals surface area contributed by atoms with Crippen LogP contribution in [-0.2, 0) is 0 Å². The molecule has 18 heavy (non-hydrogen) atoms. The molecule has 0 saturated carbocycles. The molecule has 5 heteroatoms. The van der Waals surface area contributed by atoms with Gasteiger partial charge in [-0.25, -0.2) is 4.98 Å². The lowest BCUT2D eigenvalue weighted by molar-refractivity contribution is 0.0717. The maximum absolute atomic E-state index is 12.4. The van der Waals surface area contributed by atoms with Crippen molar-refractivity contribution in [3.05, 3.63) is 42.5 Å². The summed E-state index contributed by atoms with van der Waals surface area (Å²) in [5, 5.41) is 9.46. The Hall–Kier alpha value is -2.30. The molecule has 2 aromatic rings. The average Bonchev–Trinajstić information content (AvgIpc) is 2.84. The molecule has 2 unspecified atom stereocenters. The summed E-state index contributed by atoms with van der Waals surface area (Å²) < 4.78 is 7.44. The van der Waals surface area contributed by atoms with E-state index in [1.807, 2.05) is 6.92 Å². The number of aromatic nitrogens is 2. The van der Waals surface area contributed by atoms with Crippen molar-refractivity contribution in [3.63, 3.8) is 0 Å². The highest BCUT2D eigenvalue weighted by molar-refractivity contribution is 6.03. The number of fused-ring (bicyclic) bond motifs is 1. The quantitative estimate of drug-likeness (QED) is 0.830. The van der Waals surface area contributed by atoms with Gasteiger partial charge in [-0.05, 0) is 25.1 Å².